The highest BCUT2D eigenvalue weighted by molar-refractivity contribution is 7.91. The van der Waals surface area contributed by atoms with Gasteiger partial charge in [-0.1, -0.05) is 12.1 Å². The molecule has 0 radical (unpaired) electrons. The van der Waals surface area contributed by atoms with Gasteiger partial charge in [-0.05, 0) is 37.7 Å². The fourth-order valence-corrected chi connectivity index (χ4v) is 3.95. The molecule has 1 aliphatic rings. The normalized spacial score (nSPS) is 22.1. The lowest BCUT2D eigenvalue weighted by atomic mass is 10.2. The van der Waals surface area contributed by atoms with E-state index in [4.69, 9.17) is 0 Å². The average Bonchev–Trinajstić information content (AvgIpc) is 2.35. The van der Waals surface area contributed by atoms with Crippen molar-refractivity contribution < 1.29 is 12.8 Å². The van der Waals surface area contributed by atoms with Crippen molar-refractivity contribution in [2.24, 2.45) is 0 Å². The van der Waals surface area contributed by atoms with Gasteiger partial charge < -0.3 is 10.2 Å². The quantitative estimate of drug-likeness (QED) is 0.882. The van der Waals surface area contributed by atoms with E-state index in [0.717, 1.165) is 18.5 Å². The summed E-state index contributed by atoms with van der Waals surface area (Å²) in [7, 11) is -0.914. The van der Waals surface area contributed by atoms with Crippen molar-refractivity contribution in [2.45, 2.75) is 19.0 Å². The second-order valence-electron chi connectivity index (χ2n) is 5.42. The number of sulfone groups is 1. The lowest BCUT2D eigenvalue weighted by Gasteiger charge is -2.26. The molecule has 4 nitrogen and oxygen atoms in total. The number of nitrogens with zero attached hydrogens (tertiary/aromatic N) is 1. The lowest BCUT2D eigenvalue weighted by Crippen LogP contribution is -2.46. The van der Waals surface area contributed by atoms with Crippen LogP contribution in [0.1, 0.15) is 12.0 Å². The Labute approximate surface area is 119 Å². The van der Waals surface area contributed by atoms with Crippen LogP contribution in [-0.2, 0) is 16.4 Å². The number of halogens is 1. The predicted octanol–water partition coefficient (Wildman–Crippen LogP) is 1.03. The van der Waals surface area contributed by atoms with E-state index in [-0.39, 0.29) is 23.4 Å². The van der Waals surface area contributed by atoms with Crippen LogP contribution in [0.2, 0.25) is 0 Å². The zero-order valence-corrected chi connectivity index (χ0v) is 12.5. The summed E-state index contributed by atoms with van der Waals surface area (Å²) in [5, 5.41) is 3.24. The molecule has 1 saturated heterocycles. The van der Waals surface area contributed by atoms with Gasteiger partial charge in [-0.25, -0.2) is 12.8 Å². The van der Waals surface area contributed by atoms with Crippen LogP contribution in [0.3, 0.4) is 0 Å². The molecule has 1 unspecified atom stereocenters. The monoisotopic (exact) mass is 300 g/mol. The third kappa shape index (κ3) is 4.85. The molecular formula is C14H21FN2O2S. The molecule has 1 fully saturated rings. The Balaban J connectivity index is 1.79. The van der Waals surface area contributed by atoms with E-state index >= 15 is 0 Å². The molecule has 20 heavy (non-hydrogen) atoms. The highest BCUT2D eigenvalue weighted by Crippen LogP contribution is 2.09. The van der Waals surface area contributed by atoms with Gasteiger partial charge in [-0.2, -0.15) is 0 Å². The van der Waals surface area contributed by atoms with Gasteiger partial charge in [0.2, 0.25) is 0 Å². The van der Waals surface area contributed by atoms with Crippen LogP contribution in [0, 0.1) is 5.82 Å². The van der Waals surface area contributed by atoms with Crippen molar-refractivity contribution in [2.75, 3.05) is 31.6 Å². The number of rotatable bonds is 5. The number of hydrogen-bond acceptors (Lipinski definition) is 4. The molecule has 2 rings (SSSR count). The molecule has 1 aromatic rings. The van der Waals surface area contributed by atoms with Crippen molar-refractivity contribution in [1.82, 2.24) is 10.2 Å². The van der Waals surface area contributed by atoms with Gasteiger partial charge in [0.05, 0.1) is 11.5 Å². The summed E-state index contributed by atoms with van der Waals surface area (Å²) in [6.07, 6.45) is 0.783. The molecule has 0 spiro atoms. The summed E-state index contributed by atoms with van der Waals surface area (Å²) in [5.41, 5.74) is 0.928. The van der Waals surface area contributed by atoms with Gasteiger partial charge in [0.15, 0.2) is 9.84 Å². The van der Waals surface area contributed by atoms with E-state index in [9.17, 15) is 12.8 Å². The summed E-state index contributed by atoms with van der Waals surface area (Å²) >= 11 is 0. The summed E-state index contributed by atoms with van der Waals surface area (Å²) in [6, 6.07) is 6.58. The third-order valence-electron chi connectivity index (χ3n) is 3.50. The van der Waals surface area contributed by atoms with Crippen molar-refractivity contribution in [3.05, 3.63) is 35.6 Å². The molecule has 0 amide bonds. The van der Waals surface area contributed by atoms with Crippen LogP contribution in [-0.4, -0.2) is 51.0 Å². The summed E-state index contributed by atoms with van der Waals surface area (Å²) in [4.78, 5) is 2.08. The van der Waals surface area contributed by atoms with Gasteiger partial charge >= 0.3 is 0 Å². The van der Waals surface area contributed by atoms with Gasteiger partial charge in [0.25, 0.3) is 0 Å². The first-order chi connectivity index (χ1) is 9.44. The molecule has 6 heteroatoms. The summed E-state index contributed by atoms with van der Waals surface area (Å²) < 4.78 is 36.2. The molecule has 0 bridgehead atoms. The van der Waals surface area contributed by atoms with E-state index in [2.05, 4.69) is 10.2 Å². The second-order valence-corrected chi connectivity index (χ2v) is 7.65. The van der Waals surface area contributed by atoms with Crippen LogP contribution in [0.5, 0.6) is 0 Å². The summed E-state index contributed by atoms with van der Waals surface area (Å²) in [5.74, 6) is 0.236. The highest BCUT2D eigenvalue weighted by Gasteiger charge is 2.23. The van der Waals surface area contributed by atoms with E-state index < -0.39 is 9.84 Å². The van der Waals surface area contributed by atoms with Crippen LogP contribution in [0.4, 0.5) is 4.39 Å². The Kier molecular flexibility index (Phi) is 5.12. The number of nitrogens with one attached hydrogen (secondary N) is 1. The smallest absolute Gasteiger partial charge is 0.153 e. The maximum absolute atomic E-state index is 13.1. The molecule has 0 aliphatic carbocycles. The minimum atomic E-state index is -2.87. The van der Waals surface area contributed by atoms with E-state index in [0.29, 0.717) is 13.1 Å². The minimum Gasteiger partial charge on any atom is -0.312 e. The Hall–Kier alpha value is -0.980. The summed E-state index contributed by atoms with van der Waals surface area (Å²) in [6.45, 7) is 1.99. The highest BCUT2D eigenvalue weighted by atomic mass is 32.2. The van der Waals surface area contributed by atoms with Crippen molar-refractivity contribution >= 4 is 9.84 Å². The maximum atomic E-state index is 13.1. The average molecular weight is 300 g/mol. The molecule has 0 aromatic heterocycles. The fourth-order valence-electron chi connectivity index (χ4n) is 2.46. The molecule has 0 saturated carbocycles. The van der Waals surface area contributed by atoms with Crippen molar-refractivity contribution in [3.63, 3.8) is 0 Å². The van der Waals surface area contributed by atoms with Gasteiger partial charge in [-0.3, -0.25) is 0 Å². The first kappa shape index (κ1) is 15.4. The minimum absolute atomic E-state index is 0.0312. The van der Waals surface area contributed by atoms with Crippen LogP contribution in [0.25, 0.3) is 0 Å². The zero-order chi connectivity index (χ0) is 14.6. The van der Waals surface area contributed by atoms with Crippen LogP contribution < -0.4 is 5.32 Å². The SMILES string of the molecule is CN(CCC1CS(=O)(=O)CCN1)Cc1cccc(F)c1. The molecule has 1 heterocycles. The molecule has 1 aromatic carbocycles. The predicted molar refractivity (Wildman–Crippen MR) is 77.8 cm³/mol. The Bertz CT molecular complexity index is 548. The zero-order valence-electron chi connectivity index (χ0n) is 11.7. The Morgan fingerprint density at radius 3 is 2.95 bits per heavy atom. The topological polar surface area (TPSA) is 49.4 Å². The van der Waals surface area contributed by atoms with E-state index in [1.54, 1.807) is 6.07 Å². The second kappa shape index (κ2) is 6.65. The van der Waals surface area contributed by atoms with Gasteiger partial charge in [0.1, 0.15) is 5.82 Å². The van der Waals surface area contributed by atoms with Crippen molar-refractivity contribution in [1.29, 1.82) is 0 Å². The maximum Gasteiger partial charge on any atom is 0.153 e. The van der Waals surface area contributed by atoms with E-state index in [1.165, 1.54) is 12.1 Å². The first-order valence-electron chi connectivity index (χ1n) is 6.81. The molecule has 1 atom stereocenters. The van der Waals surface area contributed by atoms with Crippen molar-refractivity contribution in [3.8, 4) is 0 Å². The number of hydrogen-bond donors (Lipinski definition) is 1. The Morgan fingerprint density at radius 1 is 1.45 bits per heavy atom. The largest absolute Gasteiger partial charge is 0.312 e. The van der Waals surface area contributed by atoms with E-state index in [1.807, 2.05) is 13.1 Å². The molecule has 1 N–H and O–H groups in total. The molecule has 1 aliphatic heterocycles. The standard InChI is InChI=1S/C14H21FN2O2S/c1-17(10-12-3-2-4-13(15)9-12)7-5-14-11-20(18,19)8-6-16-14/h2-4,9,14,16H,5-8,10-11H2,1H3. The lowest BCUT2D eigenvalue weighted by molar-refractivity contribution is 0.303. The molecule has 112 valence electrons. The van der Waals surface area contributed by atoms with Crippen LogP contribution in [0.15, 0.2) is 24.3 Å². The number of benzene rings is 1. The fraction of sp³-hybridized carbons (Fsp3) is 0.571. The Morgan fingerprint density at radius 2 is 2.25 bits per heavy atom. The third-order valence-corrected chi connectivity index (χ3v) is 5.24. The van der Waals surface area contributed by atoms with Gasteiger partial charge in [-0.15, -0.1) is 0 Å². The van der Waals surface area contributed by atoms with Crippen LogP contribution >= 0.6 is 0 Å². The molecular weight excluding hydrogens is 279 g/mol. The van der Waals surface area contributed by atoms with Gasteiger partial charge in [0, 0.05) is 19.1 Å². The first-order valence-corrected chi connectivity index (χ1v) is 8.63.